The maximum absolute atomic E-state index is 12.6. The Morgan fingerprint density at radius 3 is 2.92 bits per heavy atom. The van der Waals surface area contributed by atoms with Crippen LogP contribution in [0.1, 0.15) is 38.4 Å². The summed E-state index contributed by atoms with van der Waals surface area (Å²) in [5, 5.41) is 3.53. The zero-order valence-corrected chi connectivity index (χ0v) is 15.0. The second-order valence-corrected chi connectivity index (χ2v) is 6.69. The van der Waals surface area contributed by atoms with Crippen LogP contribution in [0.15, 0.2) is 29.1 Å². The lowest BCUT2D eigenvalue weighted by atomic mass is 9.99. The van der Waals surface area contributed by atoms with E-state index in [0.717, 1.165) is 37.1 Å². The minimum absolute atomic E-state index is 0.0158. The van der Waals surface area contributed by atoms with Crippen molar-refractivity contribution < 1.29 is 4.79 Å². The molecule has 1 amide bonds. The number of likely N-dealkylation sites (tertiary alicyclic amines) is 1. The van der Waals surface area contributed by atoms with Crippen molar-refractivity contribution >= 4 is 16.8 Å². The van der Waals surface area contributed by atoms with Gasteiger partial charge in [-0.3, -0.25) is 19.1 Å². The van der Waals surface area contributed by atoms with Crippen molar-refractivity contribution in [2.75, 3.05) is 13.1 Å². The van der Waals surface area contributed by atoms with Crippen LogP contribution in [0.5, 0.6) is 0 Å². The Balaban J connectivity index is 1.84. The van der Waals surface area contributed by atoms with E-state index < -0.39 is 0 Å². The van der Waals surface area contributed by atoms with E-state index >= 15 is 0 Å². The Kier molecular flexibility index (Phi) is 5.48. The molecule has 1 atom stereocenters. The van der Waals surface area contributed by atoms with Crippen LogP contribution in [0.3, 0.4) is 0 Å². The van der Waals surface area contributed by atoms with Gasteiger partial charge in [0.15, 0.2) is 0 Å². The number of benzene rings is 1. The molecule has 1 aliphatic rings. The van der Waals surface area contributed by atoms with E-state index in [1.807, 2.05) is 31.2 Å². The zero-order chi connectivity index (χ0) is 17.8. The maximum Gasteiger partial charge on any atom is 0.261 e. The molecule has 25 heavy (non-hydrogen) atoms. The molecule has 0 radical (unpaired) electrons. The second kappa shape index (κ2) is 7.78. The standard InChI is InChI=1S/C19H26N4O2/c1-3-20-18(24)12-14-8-6-7-11-23(14)13-17-21-16-10-5-4-9-15(16)19(25)22(17)2/h4-5,9-10,14H,3,6-8,11-13H2,1-2H3,(H,20,24). The molecule has 2 aromatic rings. The molecule has 2 heterocycles. The predicted octanol–water partition coefficient (Wildman–Crippen LogP) is 1.81. The van der Waals surface area contributed by atoms with Crippen molar-refractivity contribution in [3.63, 3.8) is 0 Å². The topological polar surface area (TPSA) is 67.2 Å². The van der Waals surface area contributed by atoms with Crippen molar-refractivity contribution in [3.05, 3.63) is 40.4 Å². The Morgan fingerprint density at radius 2 is 2.12 bits per heavy atom. The summed E-state index contributed by atoms with van der Waals surface area (Å²) >= 11 is 0. The molecular weight excluding hydrogens is 316 g/mol. The highest BCUT2D eigenvalue weighted by atomic mass is 16.1. The van der Waals surface area contributed by atoms with Crippen molar-refractivity contribution in [3.8, 4) is 0 Å². The van der Waals surface area contributed by atoms with E-state index in [1.54, 1.807) is 11.6 Å². The summed E-state index contributed by atoms with van der Waals surface area (Å²) in [5.41, 5.74) is 0.718. The molecule has 134 valence electrons. The molecule has 1 aromatic heterocycles. The molecule has 6 heteroatoms. The number of hydrogen-bond donors (Lipinski definition) is 1. The third-order valence-corrected chi connectivity index (χ3v) is 4.96. The van der Waals surface area contributed by atoms with Gasteiger partial charge in [0, 0.05) is 26.1 Å². The molecule has 1 unspecified atom stereocenters. The number of amides is 1. The average molecular weight is 342 g/mol. The Hall–Kier alpha value is -2.21. The van der Waals surface area contributed by atoms with Crippen LogP contribution in [-0.4, -0.2) is 39.5 Å². The predicted molar refractivity (Wildman–Crippen MR) is 98.3 cm³/mol. The van der Waals surface area contributed by atoms with Gasteiger partial charge in [-0.05, 0) is 38.4 Å². The lowest BCUT2D eigenvalue weighted by molar-refractivity contribution is -0.122. The summed E-state index contributed by atoms with van der Waals surface area (Å²) in [6.45, 7) is 4.13. The molecule has 1 fully saturated rings. The SMILES string of the molecule is CCNC(=O)CC1CCCCN1Cc1nc2ccccc2c(=O)n1C. The van der Waals surface area contributed by atoms with Crippen molar-refractivity contribution in [1.82, 2.24) is 19.8 Å². The molecule has 6 nitrogen and oxygen atoms in total. The lowest BCUT2D eigenvalue weighted by Crippen LogP contribution is -2.43. The van der Waals surface area contributed by atoms with Gasteiger partial charge >= 0.3 is 0 Å². The van der Waals surface area contributed by atoms with Gasteiger partial charge in [0.2, 0.25) is 5.91 Å². The molecule has 1 N–H and O–H groups in total. The Morgan fingerprint density at radius 1 is 1.32 bits per heavy atom. The lowest BCUT2D eigenvalue weighted by Gasteiger charge is -2.35. The van der Waals surface area contributed by atoms with Gasteiger partial charge in [-0.15, -0.1) is 0 Å². The number of aromatic nitrogens is 2. The van der Waals surface area contributed by atoms with E-state index in [2.05, 4.69) is 10.2 Å². The Labute approximate surface area is 147 Å². The largest absolute Gasteiger partial charge is 0.356 e. The molecule has 1 aliphatic heterocycles. The highest BCUT2D eigenvalue weighted by Gasteiger charge is 2.25. The molecule has 1 saturated heterocycles. The Bertz CT molecular complexity index is 815. The van der Waals surface area contributed by atoms with Gasteiger partial charge in [0.05, 0.1) is 17.4 Å². The highest BCUT2D eigenvalue weighted by Crippen LogP contribution is 2.21. The third kappa shape index (κ3) is 3.90. The van der Waals surface area contributed by atoms with Gasteiger partial charge in [-0.25, -0.2) is 4.98 Å². The van der Waals surface area contributed by atoms with Gasteiger partial charge in [-0.1, -0.05) is 18.6 Å². The van der Waals surface area contributed by atoms with E-state index in [4.69, 9.17) is 4.98 Å². The summed E-state index contributed by atoms with van der Waals surface area (Å²) in [5.74, 6) is 0.853. The zero-order valence-electron chi connectivity index (χ0n) is 15.0. The first-order valence-electron chi connectivity index (χ1n) is 9.05. The molecular formula is C19H26N4O2. The van der Waals surface area contributed by atoms with Crippen molar-refractivity contribution in [2.45, 2.75) is 45.2 Å². The summed E-state index contributed by atoms with van der Waals surface area (Å²) in [6.07, 6.45) is 3.78. The first-order chi connectivity index (χ1) is 12.1. The summed E-state index contributed by atoms with van der Waals surface area (Å²) in [6, 6.07) is 7.66. The van der Waals surface area contributed by atoms with Gasteiger partial charge in [0.25, 0.3) is 5.56 Å². The second-order valence-electron chi connectivity index (χ2n) is 6.69. The normalized spacial score (nSPS) is 18.4. The minimum Gasteiger partial charge on any atom is -0.356 e. The van der Waals surface area contributed by atoms with Crippen LogP contribution in [0.2, 0.25) is 0 Å². The number of fused-ring (bicyclic) bond motifs is 1. The van der Waals surface area contributed by atoms with Crippen LogP contribution in [0, 0.1) is 0 Å². The molecule has 0 spiro atoms. The van der Waals surface area contributed by atoms with Crippen LogP contribution in [-0.2, 0) is 18.4 Å². The first kappa shape index (κ1) is 17.6. The van der Waals surface area contributed by atoms with E-state index in [1.165, 1.54) is 0 Å². The molecule has 0 saturated carbocycles. The molecule has 1 aromatic carbocycles. The number of carbonyl (C=O) groups excluding carboxylic acids is 1. The fourth-order valence-corrected chi connectivity index (χ4v) is 3.57. The van der Waals surface area contributed by atoms with Crippen LogP contribution >= 0.6 is 0 Å². The number of carbonyl (C=O) groups is 1. The highest BCUT2D eigenvalue weighted by molar-refractivity contribution is 5.77. The fourth-order valence-electron chi connectivity index (χ4n) is 3.57. The van der Waals surface area contributed by atoms with Crippen molar-refractivity contribution in [2.24, 2.45) is 7.05 Å². The summed E-state index contributed by atoms with van der Waals surface area (Å²) in [4.78, 5) is 31.6. The van der Waals surface area contributed by atoms with E-state index in [0.29, 0.717) is 24.9 Å². The van der Waals surface area contributed by atoms with Crippen LogP contribution < -0.4 is 10.9 Å². The fraction of sp³-hybridized carbons (Fsp3) is 0.526. The first-order valence-corrected chi connectivity index (χ1v) is 9.05. The number of nitrogens with one attached hydrogen (secondary N) is 1. The monoisotopic (exact) mass is 342 g/mol. The third-order valence-electron chi connectivity index (χ3n) is 4.96. The number of nitrogens with zero attached hydrogens (tertiary/aromatic N) is 3. The average Bonchev–Trinajstić information content (AvgIpc) is 2.61. The smallest absolute Gasteiger partial charge is 0.261 e. The van der Waals surface area contributed by atoms with Gasteiger partial charge < -0.3 is 5.32 Å². The molecule has 3 rings (SSSR count). The number of para-hydroxylation sites is 1. The summed E-state index contributed by atoms with van der Waals surface area (Å²) in [7, 11) is 1.78. The van der Waals surface area contributed by atoms with Crippen LogP contribution in [0.25, 0.3) is 10.9 Å². The maximum atomic E-state index is 12.6. The molecule has 0 aliphatic carbocycles. The number of hydrogen-bond acceptors (Lipinski definition) is 4. The number of piperidine rings is 1. The van der Waals surface area contributed by atoms with E-state index in [9.17, 15) is 9.59 Å². The van der Waals surface area contributed by atoms with Crippen molar-refractivity contribution in [1.29, 1.82) is 0 Å². The summed E-state index contributed by atoms with van der Waals surface area (Å²) < 4.78 is 1.64. The minimum atomic E-state index is -0.0158. The number of rotatable bonds is 5. The molecule has 0 bridgehead atoms. The van der Waals surface area contributed by atoms with Gasteiger partial charge in [0.1, 0.15) is 5.82 Å². The quantitative estimate of drug-likeness (QED) is 0.900. The van der Waals surface area contributed by atoms with E-state index in [-0.39, 0.29) is 17.5 Å². The van der Waals surface area contributed by atoms with Crippen LogP contribution in [0.4, 0.5) is 0 Å². The van der Waals surface area contributed by atoms with Gasteiger partial charge in [-0.2, -0.15) is 0 Å².